The molecule has 1 rings (SSSR count). The van der Waals surface area contributed by atoms with Gasteiger partial charge in [0.25, 0.3) is 0 Å². The highest BCUT2D eigenvalue weighted by atomic mass is 79.9. The van der Waals surface area contributed by atoms with Crippen molar-refractivity contribution in [2.45, 2.75) is 32.2 Å². The standard InChI is InChI=1S/C9H14BrNO/c1-2-7(11)3-4-9-8(10)5-6-12-9/h5-7H,2-4,11H2,1H3. The minimum absolute atomic E-state index is 0.294. The molecule has 0 aliphatic heterocycles. The minimum atomic E-state index is 0.294. The lowest BCUT2D eigenvalue weighted by atomic mass is 10.1. The van der Waals surface area contributed by atoms with Crippen LogP contribution in [0.25, 0.3) is 0 Å². The zero-order chi connectivity index (χ0) is 8.97. The number of furan rings is 1. The van der Waals surface area contributed by atoms with Crippen molar-refractivity contribution in [2.24, 2.45) is 5.73 Å². The molecule has 0 saturated heterocycles. The van der Waals surface area contributed by atoms with E-state index in [4.69, 9.17) is 10.2 Å². The summed E-state index contributed by atoms with van der Waals surface area (Å²) in [5.41, 5.74) is 5.78. The van der Waals surface area contributed by atoms with Crippen LogP contribution in [0.2, 0.25) is 0 Å². The number of halogens is 1. The smallest absolute Gasteiger partial charge is 0.117 e. The van der Waals surface area contributed by atoms with Crippen molar-refractivity contribution < 1.29 is 4.42 Å². The van der Waals surface area contributed by atoms with E-state index in [0.717, 1.165) is 29.5 Å². The first-order valence-electron chi connectivity index (χ1n) is 4.21. The molecule has 0 amide bonds. The molecule has 0 spiro atoms. The fourth-order valence-electron chi connectivity index (χ4n) is 1.02. The maximum absolute atomic E-state index is 5.78. The van der Waals surface area contributed by atoms with Crippen LogP contribution in [-0.2, 0) is 6.42 Å². The molecular weight excluding hydrogens is 218 g/mol. The molecule has 0 fully saturated rings. The first-order valence-corrected chi connectivity index (χ1v) is 5.00. The zero-order valence-corrected chi connectivity index (χ0v) is 8.80. The van der Waals surface area contributed by atoms with Gasteiger partial charge >= 0.3 is 0 Å². The van der Waals surface area contributed by atoms with Crippen LogP contribution in [0.15, 0.2) is 21.2 Å². The van der Waals surface area contributed by atoms with Gasteiger partial charge in [0, 0.05) is 12.5 Å². The Morgan fingerprint density at radius 2 is 2.42 bits per heavy atom. The van der Waals surface area contributed by atoms with Crippen molar-refractivity contribution in [3.63, 3.8) is 0 Å². The summed E-state index contributed by atoms with van der Waals surface area (Å²) < 4.78 is 6.30. The first kappa shape index (κ1) is 9.81. The van der Waals surface area contributed by atoms with Crippen LogP contribution < -0.4 is 5.73 Å². The number of aryl methyl sites for hydroxylation is 1. The predicted molar refractivity (Wildman–Crippen MR) is 53.0 cm³/mol. The van der Waals surface area contributed by atoms with Gasteiger partial charge in [-0.05, 0) is 34.8 Å². The van der Waals surface area contributed by atoms with Crippen molar-refractivity contribution in [2.75, 3.05) is 0 Å². The first-order chi connectivity index (χ1) is 5.74. The van der Waals surface area contributed by atoms with Crippen LogP contribution in [0, 0.1) is 0 Å². The van der Waals surface area contributed by atoms with E-state index in [1.54, 1.807) is 6.26 Å². The fourth-order valence-corrected chi connectivity index (χ4v) is 1.42. The molecule has 1 aromatic rings. The van der Waals surface area contributed by atoms with E-state index >= 15 is 0 Å². The molecule has 0 aliphatic rings. The lowest BCUT2D eigenvalue weighted by molar-refractivity contribution is 0.479. The molecule has 12 heavy (non-hydrogen) atoms. The van der Waals surface area contributed by atoms with Gasteiger partial charge in [-0.2, -0.15) is 0 Å². The summed E-state index contributed by atoms with van der Waals surface area (Å²) in [7, 11) is 0. The lowest BCUT2D eigenvalue weighted by Crippen LogP contribution is -2.18. The van der Waals surface area contributed by atoms with E-state index in [0.29, 0.717) is 6.04 Å². The number of hydrogen-bond donors (Lipinski definition) is 1. The summed E-state index contributed by atoms with van der Waals surface area (Å²) in [6.07, 6.45) is 4.63. The van der Waals surface area contributed by atoms with Gasteiger partial charge in [0.15, 0.2) is 0 Å². The molecule has 68 valence electrons. The normalized spacial score (nSPS) is 13.2. The SMILES string of the molecule is CCC(N)CCc1occc1Br. The van der Waals surface area contributed by atoms with Gasteiger partial charge in [-0.25, -0.2) is 0 Å². The van der Waals surface area contributed by atoms with Crippen LogP contribution in [0.3, 0.4) is 0 Å². The van der Waals surface area contributed by atoms with Crippen molar-refractivity contribution in [3.05, 3.63) is 22.6 Å². The molecule has 1 heterocycles. The van der Waals surface area contributed by atoms with Crippen molar-refractivity contribution in [1.29, 1.82) is 0 Å². The second kappa shape index (κ2) is 4.67. The Hall–Kier alpha value is -0.280. The number of hydrogen-bond acceptors (Lipinski definition) is 2. The van der Waals surface area contributed by atoms with Crippen molar-refractivity contribution in [1.82, 2.24) is 0 Å². The molecule has 1 atom stereocenters. The largest absolute Gasteiger partial charge is 0.468 e. The third-order valence-corrected chi connectivity index (χ3v) is 2.66. The maximum atomic E-state index is 5.78. The van der Waals surface area contributed by atoms with Gasteiger partial charge in [0.2, 0.25) is 0 Å². The zero-order valence-electron chi connectivity index (χ0n) is 7.22. The van der Waals surface area contributed by atoms with E-state index in [9.17, 15) is 0 Å². The quantitative estimate of drug-likeness (QED) is 0.866. The van der Waals surface area contributed by atoms with Gasteiger partial charge in [-0.1, -0.05) is 6.92 Å². The number of nitrogens with two attached hydrogens (primary N) is 1. The highest BCUT2D eigenvalue weighted by molar-refractivity contribution is 9.10. The molecule has 0 aromatic carbocycles. The van der Waals surface area contributed by atoms with Crippen molar-refractivity contribution in [3.8, 4) is 0 Å². The van der Waals surface area contributed by atoms with Gasteiger partial charge in [-0.15, -0.1) is 0 Å². The van der Waals surface area contributed by atoms with Crippen LogP contribution in [0.4, 0.5) is 0 Å². The molecule has 0 saturated carbocycles. The summed E-state index contributed by atoms with van der Waals surface area (Å²) in [6, 6.07) is 2.20. The summed E-state index contributed by atoms with van der Waals surface area (Å²) in [6.45, 7) is 2.10. The van der Waals surface area contributed by atoms with E-state index < -0.39 is 0 Å². The average Bonchev–Trinajstić information content (AvgIpc) is 2.47. The predicted octanol–water partition coefficient (Wildman–Crippen LogP) is 2.71. The summed E-state index contributed by atoms with van der Waals surface area (Å²) in [4.78, 5) is 0. The van der Waals surface area contributed by atoms with Gasteiger partial charge < -0.3 is 10.2 Å². The minimum Gasteiger partial charge on any atom is -0.468 e. The topological polar surface area (TPSA) is 39.2 Å². The molecule has 3 heteroatoms. The summed E-state index contributed by atoms with van der Waals surface area (Å²) in [5, 5.41) is 0. The Labute approximate surface area is 81.3 Å². The highest BCUT2D eigenvalue weighted by Crippen LogP contribution is 2.19. The Morgan fingerprint density at radius 1 is 1.67 bits per heavy atom. The Morgan fingerprint density at radius 3 is 2.92 bits per heavy atom. The van der Waals surface area contributed by atoms with E-state index in [2.05, 4.69) is 22.9 Å². The van der Waals surface area contributed by atoms with Gasteiger partial charge in [0.1, 0.15) is 5.76 Å². The molecule has 1 unspecified atom stereocenters. The van der Waals surface area contributed by atoms with E-state index in [1.165, 1.54) is 0 Å². The second-order valence-electron chi connectivity index (χ2n) is 2.90. The second-order valence-corrected chi connectivity index (χ2v) is 3.75. The Bertz CT molecular complexity index is 234. The number of rotatable bonds is 4. The maximum Gasteiger partial charge on any atom is 0.117 e. The van der Waals surface area contributed by atoms with Crippen LogP contribution >= 0.6 is 15.9 Å². The van der Waals surface area contributed by atoms with Crippen LogP contribution in [-0.4, -0.2) is 6.04 Å². The third kappa shape index (κ3) is 2.64. The van der Waals surface area contributed by atoms with Crippen LogP contribution in [0.1, 0.15) is 25.5 Å². The molecular formula is C9H14BrNO. The van der Waals surface area contributed by atoms with Gasteiger partial charge in [0.05, 0.1) is 10.7 Å². The Balaban J connectivity index is 2.38. The molecule has 2 N–H and O–H groups in total. The third-order valence-electron chi connectivity index (χ3n) is 1.96. The lowest BCUT2D eigenvalue weighted by Gasteiger charge is -2.06. The van der Waals surface area contributed by atoms with Crippen LogP contribution in [0.5, 0.6) is 0 Å². The molecule has 0 radical (unpaired) electrons. The molecule has 2 nitrogen and oxygen atoms in total. The van der Waals surface area contributed by atoms with Crippen molar-refractivity contribution >= 4 is 15.9 Å². The summed E-state index contributed by atoms with van der Waals surface area (Å²) >= 11 is 3.40. The fraction of sp³-hybridized carbons (Fsp3) is 0.556. The Kier molecular flexibility index (Phi) is 3.82. The van der Waals surface area contributed by atoms with Gasteiger partial charge in [-0.3, -0.25) is 0 Å². The highest BCUT2D eigenvalue weighted by Gasteiger charge is 2.05. The average molecular weight is 232 g/mol. The summed E-state index contributed by atoms with van der Waals surface area (Å²) in [5.74, 6) is 0.999. The molecule has 0 bridgehead atoms. The monoisotopic (exact) mass is 231 g/mol. The molecule has 0 aliphatic carbocycles. The van der Waals surface area contributed by atoms with E-state index in [1.807, 2.05) is 6.07 Å². The van der Waals surface area contributed by atoms with E-state index in [-0.39, 0.29) is 0 Å². The molecule has 1 aromatic heterocycles.